The summed E-state index contributed by atoms with van der Waals surface area (Å²) in [5.41, 5.74) is 1.38. The lowest BCUT2D eigenvalue weighted by molar-refractivity contribution is 0.405. The molecule has 0 saturated carbocycles. The van der Waals surface area contributed by atoms with Crippen LogP contribution in [0.15, 0.2) is 22.7 Å². The molecule has 0 aliphatic carbocycles. The molecule has 0 bridgehead atoms. The first-order valence-electron chi connectivity index (χ1n) is 5.00. The van der Waals surface area contributed by atoms with E-state index in [1.165, 1.54) is 5.56 Å². The first-order chi connectivity index (χ1) is 6.98. The zero-order chi connectivity index (χ0) is 11.5. The summed E-state index contributed by atoms with van der Waals surface area (Å²) in [6.07, 6.45) is 0.979. The number of likely N-dealkylation sites (N-methyl/N-ethyl adjacent to an activating group) is 1. The molecule has 15 heavy (non-hydrogen) atoms. The van der Waals surface area contributed by atoms with Gasteiger partial charge in [0.2, 0.25) is 0 Å². The maximum Gasteiger partial charge on any atom is 0.133 e. The van der Waals surface area contributed by atoms with E-state index in [9.17, 15) is 0 Å². The van der Waals surface area contributed by atoms with Crippen molar-refractivity contribution in [1.29, 1.82) is 0 Å². The van der Waals surface area contributed by atoms with Crippen LogP contribution in [-0.2, 0) is 6.42 Å². The minimum absolute atomic E-state index is 0.110. The van der Waals surface area contributed by atoms with Gasteiger partial charge in [0.25, 0.3) is 0 Å². The van der Waals surface area contributed by atoms with Gasteiger partial charge in [-0.2, -0.15) is 0 Å². The Morgan fingerprint density at radius 3 is 2.60 bits per heavy atom. The van der Waals surface area contributed by atoms with E-state index in [0.717, 1.165) is 16.6 Å². The monoisotopic (exact) mass is 271 g/mol. The maximum atomic E-state index is 5.27. The Balaban J connectivity index is 2.87. The van der Waals surface area contributed by atoms with Gasteiger partial charge in [0.05, 0.1) is 11.6 Å². The Kier molecular flexibility index (Phi) is 4.17. The molecule has 2 nitrogen and oxygen atoms in total. The molecule has 1 aromatic rings. The van der Waals surface area contributed by atoms with Gasteiger partial charge in [0, 0.05) is 5.54 Å². The largest absolute Gasteiger partial charge is 0.496 e. The van der Waals surface area contributed by atoms with Crippen LogP contribution in [0.2, 0.25) is 0 Å². The number of halogens is 1. The van der Waals surface area contributed by atoms with Crippen molar-refractivity contribution in [2.45, 2.75) is 25.8 Å². The van der Waals surface area contributed by atoms with Crippen LogP contribution in [0.4, 0.5) is 0 Å². The third-order valence-electron chi connectivity index (χ3n) is 2.54. The summed E-state index contributed by atoms with van der Waals surface area (Å²) < 4.78 is 6.26. The van der Waals surface area contributed by atoms with Crippen molar-refractivity contribution >= 4 is 15.9 Å². The van der Waals surface area contributed by atoms with Crippen molar-refractivity contribution in [3.63, 3.8) is 0 Å². The van der Waals surface area contributed by atoms with Crippen molar-refractivity contribution in [1.82, 2.24) is 5.32 Å². The lowest BCUT2D eigenvalue weighted by Gasteiger charge is -2.24. The molecular weight excluding hydrogens is 254 g/mol. The van der Waals surface area contributed by atoms with Crippen LogP contribution in [0.25, 0.3) is 0 Å². The standard InChI is InChI=1S/C12H18BrNO/c1-12(2,14-3)8-9-5-6-10(13)11(7-9)15-4/h5-7,14H,8H2,1-4H3. The number of ether oxygens (including phenoxy) is 1. The van der Waals surface area contributed by atoms with Gasteiger partial charge in [-0.1, -0.05) is 6.07 Å². The molecule has 84 valence electrons. The van der Waals surface area contributed by atoms with Crippen LogP contribution in [0.1, 0.15) is 19.4 Å². The lowest BCUT2D eigenvalue weighted by Crippen LogP contribution is -2.38. The van der Waals surface area contributed by atoms with Gasteiger partial charge in [-0.05, 0) is 60.9 Å². The third-order valence-corrected chi connectivity index (χ3v) is 3.19. The summed E-state index contributed by atoms with van der Waals surface area (Å²) in [6, 6.07) is 6.22. The summed E-state index contributed by atoms with van der Waals surface area (Å²) in [6.45, 7) is 4.36. The van der Waals surface area contributed by atoms with E-state index in [1.54, 1.807) is 7.11 Å². The van der Waals surface area contributed by atoms with Gasteiger partial charge < -0.3 is 10.1 Å². The van der Waals surface area contributed by atoms with Crippen LogP contribution in [0.3, 0.4) is 0 Å². The van der Waals surface area contributed by atoms with Crippen molar-refractivity contribution < 1.29 is 4.74 Å². The summed E-state index contributed by atoms with van der Waals surface area (Å²) >= 11 is 3.45. The number of rotatable bonds is 4. The molecule has 0 spiro atoms. The molecule has 1 rings (SSSR count). The molecule has 0 aliphatic heterocycles. The van der Waals surface area contributed by atoms with Gasteiger partial charge in [-0.15, -0.1) is 0 Å². The van der Waals surface area contributed by atoms with Crippen molar-refractivity contribution in [2.24, 2.45) is 0 Å². The highest BCUT2D eigenvalue weighted by molar-refractivity contribution is 9.10. The molecule has 3 heteroatoms. The minimum Gasteiger partial charge on any atom is -0.496 e. The predicted molar refractivity (Wildman–Crippen MR) is 67.5 cm³/mol. The normalized spacial score (nSPS) is 11.5. The van der Waals surface area contributed by atoms with Gasteiger partial charge in [0.1, 0.15) is 5.75 Å². The van der Waals surface area contributed by atoms with Crippen molar-refractivity contribution in [3.8, 4) is 5.75 Å². The van der Waals surface area contributed by atoms with Gasteiger partial charge in [-0.3, -0.25) is 0 Å². The number of nitrogens with one attached hydrogen (secondary N) is 1. The molecule has 1 aromatic carbocycles. The second kappa shape index (κ2) is 4.99. The van der Waals surface area contributed by atoms with Gasteiger partial charge in [-0.25, -0.2) is 0 Å². The highest BCUT2D eigenvalue weighted by atomic mass is 79.9. The van der Waals surface area contributed by atoms with Crippen LogP contribution in [0, 0.1) is 0 Å². The summed E-state index contributed by atoms with van der Waals surface area (Å²) in [5.74, 6) is 0.888. The van der Waals surface area contributed by atoms with Crippen LogP contribution >= 0.6 is 15.9 Å². The Hall–Kier alpha value is -0.540. The number of methoxy groups -OCH3 is 1. The highest BCUT2D eigenvalue weighted by Gasteiger charge is 2.15. The summed E-state index contributed by atoms with van der Waals surface area (Å²) in [5, 5.41) is 3.29. The average Bonchev–Trinajstić information content (AvgIpc) is 2.20. The highest BCUT2D eigenvalue weighted by Crippen LogP contribution is 2.27. The molecule has 0 amide bonds. The second-order valence-electron chi connectivity index (χ2n) is 4.28. The van der Waals surface area contributed by atoms with E-state index in [-0.39, 0.29) is 5.54 Å². The first kappa shape index (κ1) is 12.5. The lowest BCUT2D eigenvalue weighted by atomic mass is 9.95. The van der Waals surface area contributed by atoms with E-state index in [0.29, 0.717) is 0 Å². The smallest absolute Gasteiger partial charge is 0.133 e. The molecule has 0 saturated heterocycles. The van der Waals surface area contributed by atoms with Crippen LogP contribution < -0.4 is 10.1 Å². The van der Waals surface area contributed by atoms with E-state index in [1.807, 2.05) is 13.1 Å². The summed E-state index contributed by atoms with van der Waals surface area (Å²) in [4.78, 5) is 0. The molecular formula is C12H18BrNO. The van der Waals surface area contributed by atoms with Crippen molar-refractivity contribution in [3.05, 3.63) is 28.2 Å². The molecule has 0 aliphatic rings. The van der Waals surface area contributed by atoms with E-state index in [2.05, 4.69) is 47.2 Å². The summed E-state index contributed by atoms with van der Waals surface area (Å²) in [7, 11) is 3.67. The number of benzene rings is 1. The minimum atomic E-state index is 0.110. The van der Waals surface area contributed by atoms with E-state index in [4.69, 9.17) is 4.74 Å². The zero-order valence-electron chi connectivity index (χ0n) is 9.73. The van der Waals surface area contributed by atoms with E-state index >= 15 is 0 Å². The average molecular weight is 272 g/mol. The number of hydrogen-bond acceptors (Lipinski definition) is 2. The fourth-order valence-corrected chi connectivity index (χ4v) is 1.82. The van der Waals surface area contributed by atoms with Crippen molar-refractivity contribution in [2.75, 3.05) is 14.2 Å². The van der Waals surface area contributed by atoms with Gasteiger partial charge >= 0.3 is 0 Å². The zero-order valence-corrected chi connectivity index (χ0v) is 11.3. The molecule has 0 aromatic heterocycles. The fraction of sp³-hybridized carbons (Fsp3) is 0.500. The van der Waals surface area contributed by atoms with Gasteiger partial charge in [0.15, 0.2) is 0 Å². The van der Waals surface area contributed by atoms with Crippen LogP contribution in [0.5, 0.6) is 5.75 Å². The second-order valence-corrected chi connectivity index (χ2v) is 5.13. The molecule has 0 atom stereocenters. The molecule has 1 N–H and O–H groups in total. The Labute approximate surface area is 100 Å². The van der Waals surface area contributed by atoms with Crippen LogP contribution in [-0.4, -0.2) is 19.7 Å². The SMILES string of the molecule is CNC(C)(C)Cc1ccc(Br)c(OC)c1. The Bertz CT molecular complexity index is 336. The molecule has 0 radical (unpaired) electrons. The molecule has 0 heterocycles. The topological polar surface area (TPSA) is 21.3 Å². The fourth-order valence-electron chi connectivity index (χ4n) is 1.41. The molecule has 0 fully saturated rings. The maximum absolute atomic E-state index is 5.27. The molecule has 0 unspecified atom stereocenters. The quantitative estimate of drug-likeness (QED) is 0.909. The Morgan fingerprint density at radius 2 is 2.07 bits per heavy atom. The Morgan fingerprint density at radius 1 is 1.40 bits per heavy atom. The number of hydrogen-bond donors (Lipinski definition) is 1. The third kappa shape index (κ3) is 3.50. The first-order valence-corrected chi connectivity index (χ1v) is 5.79. The van der Waals surface area contributed by atoms with E-state index < -0.39 is 0 Å². The predicted octanol–water partition coefficient (Wildman–Crippen LogP) is 3.00.